The number of carbonyl (C=O) groups is 2. The van der Waals surface area contributed by atoms with Gasteiger partial charge in [-0.05, 0) is 57.2 Å². The van der Waals surface area contributed by atoms with Gasteiger partial charge in [0.15, 0.2) is 11.5 Å². The van der Waals surface area contributed by atoms with Crippen LogP contribution in [0.5, 0.6) is 11.5 Å². The molecule has 1 aromatic carbocycles. The molecule has 0 unspecified atom stereocenters. The summed E-state index contributed by atoms with van der Waals surface area (Å²) in [6.07, 6.45) is 3.71. The maximum atomic E-state index is 12.6. The molecule has 1 heterocycles. The first-order chi connectivity index (χ1) is 13.7. The summed E-state index contributed by atoms with van der Waals surface area (Å²) in [5, 5.41) is 6.40. The number of hydrogen-bond donors (Lipinski definition) is 2. The summed E-state index contributed by atoms with van der Waals surface area (Å²) in [5.41, 5.74) is -0.0840. The molecule has 1 spiro atoms. The Kier molecular flexibility index (Phi) is 6.08. The molecule has 1 saturated carbocycles. The average Bonchev–Trinajstić information content (AvgIpc) is 3.09. The first-order valence-corrected chi connectivity index (χ1v) is 10.1. The van der Waals surface area contributed by atoms with Crippen molar-refractivity contribution in [3.8, 4) is 11.5 Å². The van der Waals surface area contributed by atoms with E-state index in [0.29, 0.717) is 17.9 Å². The molecule has 2 amide bonds. The zero-order chi connectivity index (χ0) is 21.2. The van der Waals surface area contributed by atoms with Crippen LogP contribution < -0.4 is 20.1 Å². The van der Waals surface area contributed by atoms with Crippen molar-refractivity contribution in [2.45, 2.75) is 69.1 Å². The van der Waals surface area contributed by atoms with Crippen LogP contribution in [0, 0.1) is 0 Å². The number of carbonyl (C=O) groups excluding carboxylic acids is 2. The Hall–Kier alpha value is -2.28. The van der Waals surface area contributed by atoms with Gasteiger partial charge in [-0.2, -0.15) is 0 Å². The first kappa shape index (κ1) is 21.4. The molecule has 2 aliphatic rings. The van der Waals surface area contributed by atoms with Gasteiger partial charge in [-0.25, -0.2) is 0 Å². The monoisotopic (exact) mass is 404 g/mol. The number of hydrogen-bond acceptors (Lipinski definition) is 5. The topological polar surface area (TPSA) is 85.9 Å². The van der Waals surface area contributed by atoms with Crippen LogP contribution in [-0.4, -0.2) is 50.3 Å². The minimum absolute atomic E-state index is 0.0122. The van der Waals surface area contributed by atoms with E-state index in [1.165, 1.54) is 7.11 Å². The van der Waals surface area contributed by atoms with Crippen molar-refractivity contribution in [2.24, 2.45) is 0 Å². The van der Waals surface area contributed by atoms with Crippen molar-refractivity contribution in [3.05, 3.63) is 23.8 Å². The molecule has 7 heteroatoms. The van der Waals surface area contributed by atoms with Crippen LogP contribution >= 0.6 is 0 Å². The molecule has 0 radical (unpaired) electrons. The number of rotatable bonds is 6. The highest BCUT2D eigenvalue weighted by molar-refractivity contribution is 5.84. The number of nitrogens with one attached hydrogen (secondary N) is 2. The van der Waals surface area contributed by atoms with E-state index >= 15 is 0 Å². The SMILES string of the molecule is COc1ccc([C@H]2C[C@@H](NC(=O)C(C)(C)OC)CC[C@]23CCC(=O)N3)cc1OC. The van der Waals surface area contributed by atoms with Crippen LogP contribution in [0.25, 0.3) is 0 Å². The minimum atomic E-state index is -0.879. The number of amides is 2. The standard InChI is InChI=1S/C22H32N2O5/c1-21(2,29-5)20(26)23-15-8-10-22(11-9-19(25)24-22)16(13-15)14-6-7-17(27-3)18(12-14)28-4/h6-7,12,15-16H,8-11,13H2,1-5H3,(H,23,26)(H,24,25)/t15-,16+,22-/m0/s1. The highest BCUT2D eigenvalue weighted by atomic mass is 16.5. The molecule has 0 bridgehead atoms. The maximum absolute atomic E-state index is 12.6. The van der Waals surface area contributed by atoms with Crippen molar-refractivity contribution in [1.82, 2.24) is 10.6 Å². The second-order valence-corrected chi connectivity index (χ2v) is 8.53. The third-order valence-electron chi connectivity index (χ3n) is 6.52. The molecule has 2 N–H and O–H groups in total. The lowest BCUT2D eigenvalue weighted by atomic mass is 9.67. The Bertz CT molecular complexity index is 778. The second-order valence-electron chi connectivity index (χ2n) is 8.53. The molecule has 0 aromatic heterocycles. The lowest BCUT2D eigenvalue weighted by Crippen LogP contribution is -2.55. The van der Waals surface area contributed by atoms with E-state index in [9.17, 15) is 9.59 Å². The van der Waals surface area contributed by atoms with E-state index in [0.717, 1.165) is 31.2 Å². The fourth-order valence-corrected chi connectivity index (χ4v) is 4.53. The Balaban J connectivity index is 1.89. The highest BCUT2D eigenvalue weighted by Gasteiger charge is 2.49. The van der Waals surface area contributed by atoms with Gasteiger partial charge in [0.1, 0.15) is 5.60 Å². The van der Waals surface area contributed by atoms with Gasteiger partial charge in [-0.15, -0.1) is 0 Å². The van der Waals surface area contributed by atoms with E-state index in [1.807, 2.05) is 18.2 Å². The third kappa shape index (κ3) is 4.20. The van der Waals surface area contributed by atoms with Gasteiger partial charge in [0.2, 0.25) is 5.91 Å². The predicted molar refractivity (Wildman–Crippen MR) is 109 cm³/mol. The molecule has 3 rings (SSSR count). The average molecular weight is 405 g/mol. The van der Waals surface area contributed by atoms with Gasteiger partial charge in [0.25, 0.3) is 5.91 Å². The number of ether oxygens (including phenoxy) is 3. The Morgan fingerprint density at radius 3 is 2.48 bits per heavy atom. The van der Waals surface area contributed by atoms with Gasteiger partial charge in [0.05, 0.1) is 14.2 Å². The minimum Gasteiger partial charge on any atom is -0.493 e. The molecule has 160 valence electrons. The summed E-state index contributed by atoms with van der Waals surface area (Å²) in [4.78, 5) is 24.7. The summed E-state index contributed by atoms with van der Waals surface area (Å²) >= 11 is 0. The van der Waals surface area contributed by atoms with Crippen LogP contribution in [0.15, 0.2) is 18.2 Å². The van der Waals surface area contributed by atoms with Gasteiger partial charge in [-0.3, -0.25) is 9.59 Å². The second kappa shape index (κ2) is 8.22. The molecule has 29 heavy (non-hydrogen) atoms. The smallest absolute Gasteiger partial charge is 0.251 e. The van der Waals surface area contributed by atoms with Crippen molar-refractivity contribution < 1.29 is 23.8 Å². The van der Waals surface area contributed by atoms with E-state index in [2.05, 4.69) is 10.6 Å². The summed E-state index contributed by atoms with van der Waals surface area (Å²) in [6, 6.07) is 5.92. The van der Waals surface area contributed by atoms with Crippen molar-refractivity contribution in [3.63, 3.8) is 0 Å². The molecule has 2 fully saturated rings. The zero-order valence-electron chi connectivity index (χ0n) is 18.0. The molecule has 7 nitrogen and oxygen atoms in total. The van der Waals surface area contributed by atoms with Gasteiger partial charge < -0.3 is 24.8 Å². The predicted octanol–water partition coefficient (Wildman–Crippen LogP) is 2.53. The quantitative estimate of drug-likeness (QED) is 0.761. The Morgan fingerprint density at radius 2 is 1.90 bits per heavy atom. The Labute approximate surface area is 172 Å². The lowest BCUT2D eigenvalue weighted by Gasteiger charge is -2.45. The van der Waals surface area contributed by atoms with Crippen LogP contribution in [0.2, 0.25) is 0 Å². The van der Waals surface area contributed by atoms with Crippen molar-refractivity contribution in [1.29, 1.82) is 0 Å². The normalized spacial score (nSPS) is 26.9. The van der Waals surface area contributed by atoms with E-state index < -0.39 is 5.60 Å². The van der Waals surface area contributed by atoms with Crippen LogP contribution in [0.1, 0.15) is 57.4 Å². The summed E-state index contributed by atoms with van der Waals surface area (Å²) < 4.78 is 16.2. The summed E-state index contributed by atoms with van der Waals surface area (Å²) in [6.45, 7) is 3.52. The molecule has 3 atom stereocenters. The van der Waals surface area contributed by atoms with Crippen molar-refractivity contribution >= 4 is 11.8 Å². The first-order valence-electron chi connectivity index (χ1n) is 10.1. The summed E-state index contributed by atoms with van der Waals surface area (Å²) in [5.74, 6) is 1.37. The van der Waals surface area contributed by atoms with Crippen LogP contribution in [-0.2, 0) is 14.3 Å². The van der Waals surface area contributed by atoms with Crippen LogP contribution in [0.3, 0.4) is 0 Å². The van der Waals surface area contributed by atoms with E-state index in [4.69, 9.17) is 14.2 Å². The number of methoxy groups -OCH3 is 3. The Morgan fingerprint density at radius 1 is 1.17 bits per heavy atom. The number of benzene rings is 1. The zero-order valence-corrected chi connectivity index (χ0v) is 18.0. The van der Waals surface area contributed by atoms with Crippen LogP contribution in [0.4, 0.5) is 0 Å². The van der Waals surface area contributed by atoms with E-state index in [-0.39, 0.29) is 29.3 Å². The van der Waals surface area contributed by atoms with Crippen molar-refractivity contribution in [2.75, 3.05) is 21.3 Å². The lowest BCUT2D eigenvalue weighted by molar-refractivity contribution is -0.140. The summed E-state index contributed by atoms with van der Waals surface area (Å²) in [7, 11) is 4.77. The third-order valence-corrected chi connectivity index (χ3v) is 6.52. The van der Waals surface area contributed by atoms with Gasteiger partial charge in [0, 0.05) is 31.0 Å². The fraction of sp³-hybridized carbons (Fsp3) is 0.636. The van der Waals surface area contributed by atoms with E-state index in [1.54, 1.807) is 28.1 Å². The fourth-order valence-electron chi connectivity index (χ4n) is 4.53. The maximum Gasteiger partial charge on any atom is 0.251 e. The molecule has 1 aliphatic heterocycles. The largest absolute Gasteiger partial charge is 0.493 e. The molecular weight excluding hydrogens is 372 g/mol. The molecule has 1 aliphatic carbocycles. The molecule has 1 aromatic rings. The molecular formula is C22H32N2O5. The van der Waals surface area contributed by atoms with Gasteiger partial charge in [-0.1, -0.05) is 6.07 Å². The van der Waals surface area contributed by atoms with Gasteiger partial charge >= 0.3 is 0 Å². The highest BCUT2D eigenvalue weighted by Crippen LogP contribution is 2.47. The molecule has 1 saturated heterocycles.